The van der Waals surface area contributed by atoms with Gasteiger partial charge in [0.05, 0.1) is 6.61 Å². The van der Waals surface area contributed by atoms with Crippen LogP contribution in [0.5, 0.6) is 0 Å². The van der Waals surface area contributed by atoms with E-state index in [4.69, 9.17) is 9.47 Å². The third-order valence-electron chi connectivity index (χ3n) is 4.43. The lowest BCUT2D eigenvalue weighted by Crippen LogP contribution is -2.68. The zero-order chi connectivity index (χ0) is 22.1. The van der Waals surface area contributed by atoms with E-state index in [-0.39, 0.29) is 19.6 Å². The molecule has 1 aliphatic heterocycles. The molecule has 1 fully saturated rings. The third-order valence-corrected chi connectivity index (χ3v) is 4.43. The Morgan fingerprint density at radius 3 is 2.43 bits per heavy atom. The van der Waals surface area contributed by atoms with Crippen molar-refractivity contribution in [2.24, 2.45) is 0 Å². The van der Waals surface area contributed by atoms with Crippen LogP contribution in [0.25, 0.3) is 0 Å². The molecule has 0 unspecified atom stereocenters. The van der Waals surface area contributed by atoms with Gasteiger partial charge in [0.15, 0.2) is 6.23 Å². The number of hydrogen-bond acceptors (Lipinski definition) is 8. The van der Waals surface area contributed by atoms with E-state index in [1.165, 1.54) is 6.92 Å². The highest BCUT2D eigenvalue weighted by atomic mass is 16.6. The van der Waals surface area contributed by atoms with Crippen molar-refractivity contribution in [3.8, 4) is 0 Å². The summed E-state index contributed by atoms with van der Waals surface area (Å²) in [6, 6.07) is 7.98. The first-order valence-corrected chi connectivity index (χ1v) is 9.45. The van der Waals surface area contributed by atoms with Gasteiger partial charge in [-0.25, -0.2) is 4.79 Å². The van der Waals surface area contributed by atoms with Gasteiger partial charge in [0, 0.05) is 19.9 Å². The Kier molecular flexibility index (Phi) is 8.99. The lowest BCUT2D eigenvalue weighted by Gasteiger charge is -2.42. The number of amides is 3. The maximum absolute atomic E-state index is 12.2. The first-order chi connectivity index (χ1) is 14.3. The van der Waals surface area contributed by atoms with Crippen LogP contribution in [-0.4, -0.2) is 77.0 Å². The summed E-state index contributed by atoms with van der Waals surface area (Å²) in [5, 5.41) is 36.7. The second kappa shape index (κ2) is 11.5. The summed E-state index contributed by atoms with van der Waals surface area (Å²) in [6.45, 7) is 0.689. The normalized spacial score (nSPS) is 25.8. The number of carbonyl (C=O) groups excluding carboxylic acids is 3. The average Bonchev–Trinajstić information content (AvgIpc) is 2.72. The molecule has 0 bridgehead atoms. The smallest absolute Gasteiger partial charge is 0.407 e. The Morgan fingerprint density at radius 1 is 1.10 bits per heavy atom. The molecule has 0 aliphatic carbocycles. The minimum absolute atomic E-state index is 0.0222. The van der Waals surface area contributed by atoms with Crippen molar-refractivity contribution in [1.29, 1.82) is 0 Å². The number of ether oxygens (including phenoxy) is 2. The first kappa shape index (κ1) is 23.5. The molecule has 0 spiro atoms. The first-order valence-electron chi connectivity index (χ1n) is 9.45. The Bertz CT molecular complexity index is 717. The number of aliphatic hydroxyl groups excluding tert-OH is 3. The Hall–Kier alpha value is -2.73. The van der Waals surface area contributed by atoms with Crippen LogP contribution in [0.3, 0.4) is 0 Å². The molecule has 0 saturated carbocycles. The van der Waals surface area contributed by atoms with E-state index < -0.39 is 55.1 Å². The molecule has 1 aliphatic rings. The van der Waals surface area contributed by atoms with Gasteiger partial charge in [-0.05, 0) is 5.56 Å². The van der Waals surface area contributed by atoms with Gasteiger partial charge < -0.3 is 40.7 Å². The number of rotatable bonds is 8. The van der Waals surface area contributed by atoms with Crippen molar-refractivity contribution >= 4 is 17.9 Å². The van der Waals surface area contributed by atoms with Crippen LogP contribution in [0.1, 0.15) is 18.9 Å². The predicted octanol–water partition coefficient (Wildman–Crippen LogP) is -1.64. The molecule has 0 radical (unpaired) electrons. The Morgan fingerprint density at radius 2 is 1.80 bits per heavy atom. The van der Waals surface area contributed by atoms with E-state index in [9.17, 15) is 29.7 Å². The summed E-state index contributed by atoms with van der Waals surface area (Å²) in [6.07, 6.45) is -6.04. The molecule has 3 amide bonds. The fourth-order valence-electron chi connectivity index (χ4n) is 2.92. The van der Waals surface area contributed by atoms with E-state index in [1.54, 1.807) is 12.1 Å². The predicted molar refractivity (Wildman–Crippen MR) is 103 cm³/mol. The van der Waals surface area contributed by atoms with Gasteiger partial charge in [0.2, 0.25) is 11.8 Å². The second-order valence-corrected chi connectivity index (χ2v) is 6.79. The number of alkyl carbamates (subject to hydrolysis) is 1. The molecule has 1 aromatic rings. The van der Waals surface area contributed by atoms with Crippen LogP contribution in [-0.2, 0) is 25.7 Å². The maximum Gasteiger partial charge on any atom is 0.407 e. The standard InChI is InChI=1S/C19H27N3O8/c1-11(24)21-15-17(27)16(26)13(9-23)30-18(15)22-14(25)7-8-20-19(28)29-10-12-5-3-2-4-6-12/h2-6,13,15-18,23,26-27H,7-10H2,1H3,(H,20,28)(H,21,24)(H,22,25)/t13-,15-,16-,17-,18-/m1/s1. The second-order valence-electron chi connectivity index (χ2n) is 6.79. The molecule has 2 rings (SSSR count). The van der Waals surface area contributed by atoms with Crippen LogP contribution in [0.15, 0.2) is 30.3 Å². The molecule has 1 aromatic carbocycles. The maximum atomic E-state index is 12.2. The van der Waals surface area contributed by atoms with Crippen molar-refractivity contribution in [1.82, 2.24) is 16.0 Å². The number of hydrogen-bond donors (Lipinski definition) is 6. The van der Waals surface area contributed by atoms with Gasteiger partial charge in [-0.15, -0.1) is 0 Å². The average molecular weight is 425 g/mol. The number of carbonyl (C=O) groups is 3. The largest absolute Gasteiger partial charge is 0.445 e. The molecule has 11 heteroatoms. The molecule has 6 N–H and O–H groups in total. The summed E-state index contributed by atoms with van der Waals surface area (Å²) in [5.41, 5.74) is 0.822. The van der Waals surface area contributed by atoms with E-state index in [0.29, 0.717) is 0 Å². The van der Waals surface area contributed by atoms with E-state index in [0.717, 1.165) is 5.56 Å². The molecule has 1 saturated heterocycles. The lowest BCUT2D eigenvalue weighted by molar-refractivity contribution is -0.203. The van der Waals surface area contributed by atoms with Crippen LogP contribution in [0.2, 0.25) is 0 Å². The molecule has 1 heterocycles. The van der Waals surface area contributed by atoms with Crippen molar-refractivity contribution in [3.05, 3.63) is 35.9 Å². The number of nitrogens with one attached hydrogen (secondary N) is 3. The molecular weight excluding hydrogens is 398 g/mol. The summed E-state index contributed by atoms with van der Waals surface area (Å²) in [7, 11) is 0. The summed E-state index contributed by atoms with van der Waals surface area (Å²) in [5.74, 6) is -1.04. The van der Waals surface area contributed by atoms with Gasteiger partial charge >= 0.3 is 6.09 Å². The minimum atomic E-state index is -1.46. The van der Waals surface area contributed by atoms with Crippen LogP contribution >= 0.6 is 0 Å². The molecular formula is C19H27N3O8. The Labute approximate surface area is 173 Å². The highest BCUT2D eigenvalue weighted by molar-refractivity contribution is 5.77. The van der Waals surface area contributed by atoms with E-state index in [1.807, 2.05) is 18.2 Å². The van der Waals surface area contributed by atoms with Crippen molar-refractivity contribution in [3.63, 3.8) is 0 Å². The van der Waals surface area contributed by atoms with Gasteiger partial charge in [0.1, 0.15) is 31.0 Å². The van der Waals surface area contributed by atoms with Gasteiger partial charge in [0.25, 0.3) is 0 Å². The number of benzene rings is 1. The van der Waals surface area contributed by atoms with E-state index in [2.05, 4.69) is 16.0 Å². The quantitative estimate of drug-likeness (QED) is 0.288. The fourth-order valence-corrected chi connectivity index (χ4v) is 2.92. The SMILES string of the molecule is CC(=O)N[C@@H]1[C@@H](O)[C@H](O)[C@@H](CO)O[C@H]1NC(=O)CCNC(=O)OCc1ccccc1. The van der Waals surface area contributed by atoms with Gasteiger partial charge in [-0.1, -0.05) is 30.3 Å². The van der Waals surface area contributed by atoms with Crippen molar-refractivity contribution < 1.29 is 39.2 Å². The van der Waals surface area contributed by atoms with Crippen LogP contribution in [0, 0.1) is 0 Å². The Balaban J connectivity index is 1.79. The van der Waals surface area contributed by atoms with Crippen molar-refractivity contribution in [2.45, 2.75) is 50.5 Å². The van der Waals surface area contributed by atoms with Crippen molar-refractivity contribution in [2.75, 3.05) is 13.2 Å². The zero-order valence-electron chi connectivity index (χ0n) is 16.5. The number of aliphatic hydroxyl groups is 3. The van der Waals surface area contributed by atoms with Crippen LogP contribution < -0.4 is 16.0 Å². The highest BCUT2D eigenvalue weighted by Crippen LogP contribution is 2.20. The van der Waals surface area contributed by atoms with E-state index >= 15 is 0 Å². The lowest BCUT2D eigenvalue weighted by atomic mass is 9.96. The molecule has 30 heavy (non-hydrogen) atoms. The monoisotopic (exact) mass is 425 g/mol. The van der Waals surface area contributed by atoms with Gasteiger partial charge in [-0.3, -0.25) is 9.59 Å². The summed E-state index contributed by atoms with van der Waals surface area (Å²) < 4.78 is 10.4. The summed E-state index contributed by atoms with van der Waals surface area (Å²) in [4.78, 5) is 35.3. The fraction of sp³-hybridized carbons (Fsp3) is 0.526. The topological polar surface area (TPSA) is 166 Å². The summed E-state index contributed by atoms with van der Waals surface area (Å²) >= 11 is 0. The molecule has 11 nitrogen and oxygen atoms in total. The van der Waals surface area contributed by atoms with Gasteiger partial charge in [-0.2, -0.15) is 0 Å². The molecule has 166 valence electrons. The molecule has 0 aromatic heterocycles. The minimum Gasteiger partial charge on any atom is -0.445 e. The molecule has 5 atom stereocenters. The van der Waals surface area contributed by atoms with Crippen LogP contribution in [0.4, 0.5) is 4.79 Å². The highest BCUT2D eigenvalue weighted by Gasteiger charge is 2.45. The zero-order valence-corrected chi connectivity index (χ0v) is 16.5. The third kappa shape index (κ3) is 6.95.